The van der Waals surface area contributed by atoms with E-state index in [1.54, 1.807) is 0 Å². The molecule has 2 aromatic carbocycles. The van der Waals surface area contributed by atoms with Crippen molar-refractivity contribution in [3.63, 3.8) is 0 Å². The molecule has 3 amide bonds. The van der Waals surface area contributed by atoms with Crippen molar-refractivity contribution in [1.29, 1.82) is 0 Å². The Balaban J connectivity index is 1.86. The highest BCUT2D eigenvalue weighted by Crippen LogP contribution is 2.32. The molecule has 5 nitrogen and oxygen atoms in total. The van der Waals surface area contributed by atoms with E-state index < -0.39 is 29.6 Å². The highest BCUT2D eigenvalue weighted by Gasteiger charge is 2.48. The standard InChI is InChI=1S/C18H13Cl2F3N2O3/c1-17(9-10-3-2-4-14(5-10)28-18(21,22)23)15(26)25(16(27)24-17)13-7-11(19)6-12(20)8-13/h2-8H,9H2,1H3,(H,24,27). The predicted octanol–water partition coefficient (Wildman–Crippen LogP) is 4.95. The summed E-state index contributed by atoms with van der Waals surface area (Å²) in [6.45, 7) is 1.48. The Kier molecular flexibility index (Phi) is 5.20. The van der Waals surface area contributed by atoms with Crippen LogP contribution >= 0.6 is 23.2 Å². The lowest BCUT2D eigenvalue weighted by Gasteiger charge is -2.22. The van der Waals surface area contributed by atoms with Gasteiger partial charge in [0.2, 0.25) is 0 Å². The van der Waals surface area contributed by atoms with Crippen LogP contribution in [-0.2, 0) is 11.2 Å². The number of carbonyl (C=O) groups is 2. The number of carbonyl (C=O) groups excluding carboxylic acids is 2. The monoisotopic (exact) mass is 432 g/mol. The van der Waals surface area contributed by atoms with Gasteiger partial charge in [-0.3, -0.25) is 4.79 Å². The van der Waals surface area contributed by atoms with Crippen LogP contribution in [0.5, 0.6) is 5.75 Å². The second-order valence-corrected chi connectivity index (χ2v) is 7.28. The number of halogens is 5. The molecule has 1 saturated heterocycles. The van der Waals surface area contributed by atoms with E-state index in [9.17, 15) is 22.8 Å². The van der Waals surface area contributed by atoms with Crippen molar-refractivity contribution in [2.45, 2.75) is 25.2 Å². The number of benzene rings is 2. The van der Waals surface area contributed by atoms with Gasteiger partial charge in [0.15, 0.2) is 0 Å². The van der Waals surface area contributed by atoms with Crippen molar-refractivity contribution in [1.82, 2.24) is 5.32 Å². The molecule has 0 radical (unpaired) electrons. The fraction of sp³-hybridized carbons (Fsp3) is 0.222. The Labute approximate surface area is 168 Å². The highest BCUT2D eigenvalue weighted by atomic mass is 35.5. The van der Waals surface area contributed by atoms with Crippen molar-refractivity contribution in [3.05, 3.63) is 58.1 Å². The summed E-state index contributed by atoms with van der Waals surface area (Å²) in [5, 5.41) is 3.06. The maximum absolute atomic E-state index is 12.9. The maximum atomic E-state index is 12.9. The van der Waals surface area contributed by atoms with Crippen molar-refractivity contribution in [3.8, 4) is 5.75 Å². The van der Waals surface area contributed by atoms with Crippen LogP contribution in [0.15, 0.2) is 42.5 Å². The van der Waals surface area contributed by atoms with E-state index in [2.05, 4.69) is 10.1 Å². The molecular weight excluding hydrogens is 420 g/mol. The molecular formula is C18H13Cl2F3N2O3. The van der Waals surface area contributed by atoms with Gasteiger partial charge in [-0.15, -0.1) is 13.2 Å². The number of rotatable bonds is 4. The molecule has 1 aliphatic rings. The Morgan fingerprint density at radius 2 is 1.75 bits per heavy atom. The first-order valence-corrected chi connectivity index (χ1v) is 8.70. The minimum atomic E-state index is -4.83. The predicted molar refractivity (Wildman–Crippen MR) is 97.7 cm³/mol. The van der Waals surface area contributed by atoms with Crippen LogP contribution in [0.1, 0.15) is 12.5 Å². The molecule has 10 heteroatoms. The van der Waals surface area contributed by atoms with E-state index in [0.29, 0.717) is 5.56 Å². The maximum Gasteiger partial charge on any atom is 0.573 e. The van der Waals surface area contributed by atoms with Crippen LogP contribution in [0.4, 0.5) is 23.7 Å². The quantitative estimate of drug-likeness (QED) is 0.695. The molecule has 0 spiro atoms. The van der Waals surface area contributed by atoms with E-state index in [1.807, 2.05) is 0 Å². The molecule has 28 heavy (non-hydrogen) atoms. The summed E-state index contributed by atoms with van der Waals surface area (Å²) >= 11 is 11.9. The van der Waals surface area contributed by atoms with Crippen LogP contribution in [0, 0.1) is 0 Å². The van der Waals surface area contributed by atoms with E-state index in [0.717, 1.165) is 17.0 Å². The molecule has 0 aliphatic carbocycles. The summed E-state index contributed by atoms with van der Waals surface area (Å²) in [6, 6.07) is 8.81. The van der Waals surface area contributed by atoms with Gasteiger partial charge in [0, 0.05) is 16.5 Å². The van der Waals surface area contributed by atoms with Crippen LogP contribution in [0.2, 0.25) is 10.0 Å². The number of imide groups is 1. The third-order valence-corrected chi connectivity index (χ3v) is 4.49. The number of ether oxygens (including phenoxy) is 1. The molecule has 1 heterocycles. The van der Waals surface area contributed by atoms with Crippen LogP contribution in [-0.4, -0.2) is 23.8 Å². The van der Waals surface area contributed by atoms with Gasteiger partial charge < -0.3 is 10.1 Å². The zero-order valence-corrected chi connectivity index (χ0v) is 15.8. The summed E-state index contributed by atoms with van der Waals surface area (Å²) < 4.78 is 41.1. The number of urea groups is 1. The van der Waals surface area contributed by atoms with Gasteiger partial charge in [-0.1, -0.05) is 35.3 Å². The molecule has 1 aliphatic heterocycles. The topological polar surface area (TPSA) is 58.6 Å². The van der Waals surface area contributed by atoms with Crippen LogP contribution in [0.3, 0.4) is 0 Å². The van der Waals surface area contributed by atoms with Crippen molar-refractivity contribution < 1.29 is 27.5 Å². The summed E-state index contributed by atoms with van der Waals surface area (Å²) in [4.78, 5) is 26.2. The first kappa shape index (κ1) is 20.3. The molecule has 1 N–H and O–H groups in total. The van der Waals surface area contributed by atoms with Crippen molar-refractivity contribution >= 4 is 40.8 Å². The Bertz CT molecular complexity index is 932. The van der Waals surface area contributed by atoms with E-state index in [1.165, 1.54) is 37.3 Å². The Hall–Kier alpha value is -2.45. The number of amides is 3. The number of nitrogens with zero attached hydrogens (tertiary/aromatic N) is 1. The number of nitrogens with one attached hydrogen (secondary N) is 1. The largest absolute Gasteiger partial charge is 0.573 e. The molecule has 148 valence electrons. The van der Waals surface area contributed by atoms with Gasteiger partial charge in [-0.25, -0.2) is 9.69 Å². The lowest BCUT2D eigenvalue weighted by atomic mass is 9.92. The molecule has 1 unspecified atom stereocenters. The van der Waals surface area contributed by atoms with Crippen LogP contribution in [0.25, 0.3) is 0 Å². The SMILES string of the molecule is CC1(Cc2cccc(OC(F)(F)F)c2)NC(=O)N(c2cc(Cl)cc(Cl)c2)C1=O. The number of hydrogen-bond donors (Lipinski definition) is 1. The molecule has 0 bridgehead atoms. The fourth-order valence-corrected chi connectivity index (χ4v) is 3.48. The first-order chi connectivity index (χ1) is 13.0. The van der Waals surface area contributed by atoms with Gasteiger partial charge in [-0.2, -0.15) is 0 Å². The minimum Gasteiger partial charge on any atom is -0.406 e. The molecule has 2 aromatic rings. The van der Waals surface area contributed by atoms with Gasteiger partial charge >= 0.3 is 12.4 Å². The number of anilines is 1. The molecule has 0 aromatic heterocycles. The van der Waals surface area contributed by atoms with Gasteiger partial charge in [-0.05, 0) is 42.8 Å². The summed E-state index contributed by atoms with van der Waals surface area (Å²) in [5.41, 5.74) is -0.801. The Morgan fingerprint density at radius 1 is 1.11 bits per heavy atom. The second-order valence-electron chi connectivity index (χ2n) is 6.40. The lowest BCUT2D eigenvalue weighted by molar-refractivity contribution is -0.274. The summed E-state index contributed by atoms with van der Waals surface area (Å²) in [7, 11) is 0. The third kappa shape index (κ3) is 4.34. The minimum absolute atomic E-state index is 0.0442. The third-order valence-electron chi connectivity index (χ3n) is 4.06. The average molecular weight is 433 g/mol. The van der Waals surface area contributed by atoms with Gasteiger partial charge in [0.05, 0.1) is 5.69 Å². The second kappa shape index (κ2) is 7.18. The normalized spacial score (nSPS) is 19.7. The van der Waals surface area contributed by atoms with Gasteiger partial charge in [0.25, 0.3) is 5.91 Å². The van der Waals surface area contributed by atoms with Crippen molar-refractivity contribution in [2.75, 3.05) is 4.90 Å². The Morgan fingerprint density at radius 3 is 2.36 bits per heavy atom. The molecule has 1 atom stereocenters. The zero-order valence-electron chi connectivity index (χ0n) is 14.3. The lowest BCUT2D eigenvalue weighted by Crippen LogP contribution is -2.46. The molecule has 0 saturated carbocycles. The van der Waals surface area contributed by atoms with Crippen molar-refractivity contribution in [2.24, 2.45) is 0 Å². The van der Waals surface area contributed by atoms with E-state index in [4.69, 9.17) is 23.2 Å². The smallest absolute Gasteiger partial charge is 0.406 e. The molecule has 3 rings (SSSR count). The van der Waals surface area contributed by atoms with Crippen LogP contribution < -0.4 is 15.0 Å². The number of alkyl halides is 3. The first-order valence-electron chi connectivity index (χ1n) is 7.94. The average Bonchev–Trinajstić information content (AvgIpc) is 2.74. The van der Waals surface area contributed by atoms with E-state index >= 15 is 0 Å². The van der Waals surface area contributed by atoms with E-state index in [-0.39, 0.29) is 22.2 Å². The summed E-state index contributed by atoms with van der Waals surface area (Å²) in [6.07, 6.45) is -4.88. The highest BCUT2D eigenvalue weighted by molar-refractivity contribution is 6.35. The zero-order chi connectivity index (χ0) is 20.7. The van der Waals surface area contributed by atoms with Gasteiger partial charge in [0.1, 0.15) is 11.3 Å². The number of hydrogen-bond acceptors (Lipinski definition) is 3. The summed E-state index contributed by atoms with van der Waals surface area (Å²) in [5.74, 6) is -0.998. The molecule has 1 fully saturated rings. The fourth-order valence-electron chi connectivity index (χ4n) is 2.97.